The first-order valence-corrected chi connectivity index (χ1v) is 8.85. The summed E-state index contributed by atoms with van der Waals surface area (Å²) < 4.78 is 0. The van der Waals surface area contributed by atoms with Crippen LogP contribution in [0.1, 0.15) is 36.6 Å². The van der Waals surface area contributed by atoms with Crippen LogP contribution < -0.4 is 5.73 Å². The summed E-state index contributed by atoms with van der Waals surface area (Å²) in [5.41, 5.74) is 13.3. The molecule has 2 N–H and O–H groups in total. The second kappa shape index (κ2) is 6.25. The molecular formula is C19H23NS. The van der Waals surface area contributed by atoms with Gasteiger partial charge in [-0.05, 0) is 45.9 Å². The molecule has 2 aromatic carbocycles. The molecule has 21 heavy (non-hydrogen) atoms. The summed E-state index contributed by atoms with van der Waals surface area (Å²) in [5, 5.41) is 0. The van der Waals surface area contributed by atoms with E-state index in [1.54, 1.807) is 0 Å². The van der Waals surface area contributed by atoms with Gasteiger partial charge in [0.15, 0.2) is 0 Å². The van der Waals surface area contributed by atoms with E-state index in [-0.39, 0.29) is 6.04 Å². The highest BCUT2D eigenvalue weighted by atomic mass is 32.2. The van der Waals surface area contributed by atoms with E-state index in [1.165, 1.54) is 33.6 Å². The Kier molecular flexibility index (Phi) is 4.37. The Morgan fingerprint density at radius 3 is 2.57 bits per heavy atom. The average Bonchev–Trinajstić information content (AvgIpc) is 2.84. The molecule has 1 unspecified atom stereocenters. The summed E-state index contributed by atoms with van der Waals surface area (Å²) in [5.74, 6) is 2.92. The summed E-state index contributed by atoms with van der Waals surface area (Å²) in [6.07, 6.45) is 1.05. The third kappa shape index (κ3) is 3.17. The van der Waals surface area contributed by atoms with E-state index >= 15 is 0 Å². The van der Waals surface area contributed by atoms with E-state index in [0.29, 0.717) is 0 Å². The predicted molar refractivity (Wildman–Crippen MR) is 93.8 cm³/mol. The van der Waals surface area contributed by atoms with Gasteiger partial charge in [0.2, 0.25) is 0 Å². The van der Waals surface area contributed by atoms with Crippen molar-refractivity contribution in [2.75, 3.05) is 11.5 Å². The van der Waals surface area contributed by atoms with Crippen molar-refractivity contribution in [3.63, 3.8) is 0 Å². The Balaban J connectivity index is 1.74. The molecule has 2 heteroatoms. The molecule has 2 aromatic rings. The topological polar surface area (TPSA) is 26.0 Å². The molecule has 0 heterocycles. The Morgan fingerprint density at radius 2 is 1.76 bits per heavy atom. The molecule has 0 radical (unpaired) electrons. The molecule has 0 amide bonds. The minimum atomic E-state index is 0.141. The van der Waals surface area contributed by atoms with E-state index in [0.717, 1.165) is 18.1 Å². The van der Waals surface area contributed by atoms with Gasteiger partial charge in [0, 0.05) is 11.8 Å². The maximum atomic E-state index is 6.36. The molecule has 0 saturated carbocycles. The number of rotatable bonds is 5. The molecule has 1 aliphatic carbocycles. The minimum absolute atomic E-state index is 0.141. The van der Waals surface area contributed by atoms with E-state index < -0.39 is 0 Å². The van der Waals surface area contributed by atoms with Gasteiger partial charge in [-0.15, -0.1) is 0 Å². The Morgan fingerprint density at radius 1 is 1.00 bits per heavy atom. The summed E-state index contributed by atoms with van der Waals surface area (Å²) in [6.45, 7) is 4.51. The van der Waals surface area contributed by atoms with Gasteiger partial charge in [0.1, 0.15) is 0 Å². The zero-order valence-corrected chi connectivity index (χ0v) is 13.6. The number of fused-ring (bicyclic) bond motifs is 3. The van der Waals surface area contributed by atoms with Crippen LogP contribution in [0, 0.1) is 5.92 Å². The lowest BCUT2D eigenvalue weighted by atomic mass is 10.0. The van der Waals surface area contributed by atoms with Gasteiger partial charge in [0.25, 0.3) is 0 Å². The van der Waals surface area contributed by atoms with Gasteiger partial charge in [-0.25, -0.2) is 0 Å². The smallest absolute Gasteiger partial charge is 0.0386 e. The van der Waals surface area contributed by atoms with Crippen LogP contribution in [0.3, 0.4) is 0 Å². The van der Waals surface area contributed by atoms with Crippen LogP contribution in [0.2, 0.25) is 0 Å². The number of thioether (sulfide) groups is 1. The fourth-order valence-electron chi connectivity index (χ4n) is 2.92. The monoisotopic (exact) mass is 297 g/mol. The van der Waals surface area contributed by atoms with E-state index in [2.05, 4.69) is 56.3 Å². The van der Waals surface area contributed by atoms with E-state index in [1.807, 2.05) is 11.8 Å². The van der Waals surface area contributed by atoms with Crippen molar-refractivity contribution in [3.8, 4) is 11.1 Å². The van der Waals surface area contributed by atoms with Gasteiger partial charge in [-0.3, -0.25) is 0 Å². The molecule has 1 atom stereocenters. The Hall–Kier alpha value is -1.25. The largest absolute Gasteiger partial charge is 0.323 e. The van der Waals surface area contributed by atoms with Crippen LogP contribution in [0.4, 0.5) is 0 Å². The molecule has 0 fully saturated rings. The first-order valence-electron chi connectivity index (χ1n) is 7.69. The normalized spacial score (nSPS) is 14.1. The van der Waals surface area contributed by atoms with Crippen LogP contribution in [0.5, 0.6) is 0 Å². The van der Waals surface area contributed by atoms with Crippen LogP contribution in [-0.4, -0.2) is 11.5 Å². The van der Waals surface area contributed by atoms with Crippen molar-refractivity contribution in [1.82, 2.24) is 0 Å². The second-order valence-corrected chi connectivity index (χ2v) is 7.36. The van der Waals surface area contributed by atoms with Crippen LogP contribution >= 0.6 is 11.8 Å². The highest BCUT2D eigenvalue weighted by Crippen LogP contribution is 2.37. The number of nitrogens with two attached hydrogens (primary N) is 1. The average molecular weight is 297 g/mol. The number of benzene rings is 2. The lowest BCUT2D eigenvalue weighted by Gasteiger charge is -2.14. The molecule has 0 spiro atoms. The third-order valence-corrected chi connectivity index (χ3v) is 5.49. The second-order valence-electron chi connectivity index (χ2n) is 6.29. The summed E-state index contributed by atoms with van der Waals surface area (Å²) in [6, 6.07) is 15.6. The third-order valence-electron chi connectivity index (χ3n) is 3.99. The molecular weight excluding hydrogens is 274 g/mol. The van der Waals surface area contributed by atoms with Crippen molar-refractivity contribution in [3.05, 3.63) is 59.2 Å². The standard InChI is InChI=1S/C19H23NS/c1-13(2)11-21-12-19(20)15-7-8-18-16(10-15)9-14-5-3-4-6-17(14)18/h3-8,10,13,19H,9,11-12,20H2,1-2H3. The molecule has 1 aliphatic rings. The van der Waals surface area contributed by atoms with Gasteiger partial charge >= 0.3 is 0 Å². The first-order chi connectivity index (χ1) is 10.1. The van der Waals surface area contributed by atoms with E-state index in [9.17, 15) is 0 Å². The van der Waals surface area contributed by atoms with Crippen LogP contribution in [0.15, 0.2) is 42.5 Å². The molecule has 1 nitrogen and oxygen atoms in total. The van der Waals surface area contributed by atoms with Gasteiger partial charge in [-0.1, -0.05) is 56.3 Å². The van der Waals surface area contributed by atoms with Crippen LogP contribution in [0.25, 0.3) is 11.1 Å². The van der Waals surface area contributed by atoms with Crippen molar-refractivity contribution in [2.45, 2.75) is 26.3 Å². The van der Waals surface area contributed by atoms with Gasteiger partial charge in [0.05, 0.1) is 0 Å². The highest BCUT2D eigenvalue weighted by Gasteiger charge is 2.19. The lowest BCUT2D eigenvalue weighted by Crippen LogP contribution is -2.14. The maximum absolute atomic E-state index is 6.36. The van der Waals surface area contributed by atoms with Crippen molar-refractivity contribution in [2.24, 2.45) is 11.7 Å². The quantitative estimate of drug-likeness (QED) is 0.742. The summed E-state index contributed by atoms with van der Waals surface area (Å²) in [7, 11) is 0. The SMILES string of the molecule is CC(C)CSCC(N)c1ccc2c(c1)Cc1ccccc1-2. The summed E-state index contributed by atoms with van der Waals surface area (Å²) >= 11 is 1.96. The number of hydrogen-bond acceptors (Lipinski definition) is 2. The van der Waals surface area contributed by atoms with Crippen molar-refractivity contribution in [1.29, 1.82) is 0 Å². The Labute approximate surface area is 132 Å². The predicted octanol–water partition coefficient (Wildman–Crippen LogP) is 4.65. The van der Waals surface area contributed by atoms with Crippen LogP contribution in [-0.2, 0) is 6.42 Å². The molecule has 110 valence electrons. The zero-order chi connectivity index (χ0) is 14.8. The van der Waals surface area contributed by atoms with E-state index in [4.69, 9.17) is 5.73 Å². The molecule has 3 rings (SSSR count). The fraction of sp³-hybridized carbons (Fsp3) is 0.368. The van der Waals surface area contributed by atoms with Gasteiger partial charge < -0.3 is 5.73 Å². The molecule has 0 aliphatic heterocycles. The molecule has 0 aromatic heterocycles. The minimum Gasteiger partial charge on any atom is -0.323 e. The number of hydrogen-bond donors (Lipinski definition) is 1. The fourth-order valence-corrected chi connectivity index (χ4v) is 3.98. The Bertz CT molecular complexity index is 633. The van der Waals surface area contributed by atoms with Crippen molar-refractivity contribution >= 4 is 11.8 Å². The molecule has 0 bridgehead atoms. The summed E-state index contributed by atoms with van der Waals surface area (Å²) in [4.78, 5) is 0. The van der Waals surface area contributed by atoms with Crippen molar-refractivity contribution < 1.29 is 0 Å². The van der Waals surface area contributed by atoms with Gasteiger partial charge in [-0.2, -0.15) is 11.8 Å². The zero-order valence-electron chi connectivity index (χ0n) is 12.8. The lowest BCUT2D eigenvalue weighted by molar-refractivity contribution is 0.746. The highest BCUT2D eigenvalue weighted by molar-refractivity contribution is 7.99. The first kappa shape index (κ1) is 14.7. The maximum Gasteiger partial charge on any atom is 0.0386 e. The molecule has 0 saturated heterocycles.